The van der Waals surface area contributed by atoms with E-state index >= 15 is 0 Å². The van der Waals surface area contributed by atoms with Crippen LogP contribution in [-0.4, -0.2) is 54.9 Å². The van der Waals surface area contributed by atoms with Gasteiger partial charge in [0.2, 0.25) is 10.0 Å². The van der Waals surface area contributed by atoms with Crippen molar-refractivity contribution in [3.8, 4) is 0 Å². The number of hydrogen-bond donors (Lipinski definition) is 0. The SMILES string of the molecule is Cc1noc(C)c1S(=O)(=O)N1CCN(C(=O)c2cccc(C(F)(F)F)c2)CC1. The van der Waals surface area contributed by atoms with Crippen molar-refractivity contribution in [2.45, 2.75) is 24.9 Å². The van der Waals surface area contributed by atoms with E-state index in [0.29, 0.717) is 0 Å². The number of amides is 1. The van der Waals surface area contributed by atoms with Gasteiger partial charge < -0.3 is 9.42 Å². The molecule has 1 aliphatic heterocycles. The Bertz CT molecular complexity index is 974. The molecule has 0 spiro atoms. The van der Waals surface area contributed by atoms with E-state index < -0.39 is 27.7 Å². The van der Waals surface area contributed by atoms with Crippen LogP contribution in [0.2, 0.25) is 0 Å². The summed E-state index contributed by atoms with van der Waals surface area (Å²) in [5, 5.41) is 3.65. The third-order valence-corrected chi connectivity index (χ3v) is 6.67. The number of carbonyl (C=O) groups is 1. The van der Waals surface area contributed by atoms with Crippen molar-refractivity contribution < 1.29 is 30.9 Å². The Kier molecular flexibility index (Phi) is 5.24. The molecule has 1 saturated heterocycles. The predicted octanol–water partition coefficient (Wildman–Crippen LogP) is 2.46. The van der Waals surface area contributed by atoms with Gasteiger partial charge in [0.1, 0.15) is 10.6 Å². The molecule has 1 aliphatic rings. The van der Waals surface area contributed by atoms with Crippen molar-refractivity contribution in [1.82, 2.24) is 14.4 Å². The molecule has 0 atom stereocenters. The highest BCUT2D eigenvalue weighted by Crippen LogP contribution is 2.30. The Morgan fingerprint density at radius 2 is 1.79 bits per heavy atom. The average Bonchev–Trinajstić information content (AvgIpc) is 2.99. The van der Waals surface area contributed by atoms with E-state index in [0.717, 1.165) is 12.1 Å². The minimum Gasteiger partial charge on any atom is -0.360 e. The summed E-state index contributed by atoms with van der Waals surface area (Å²) in [5.74, 6) is -0.388. The zero-order valence-electron chi connectivity index (χ0n) is 15.2. The molecule has 0 unspecified atom stereocenters. The van der Waals surface area contributed by atoms with Crippen molar-refractivity contribution in [2.75, 3.05) is 26.2 Å². The van der Waals surface area contributed by atoms with Crippen LogP contribution < -0.4 is 0 Å². The van der Waals surface area contributed by atoms with Crippen LogP contribution in [0.4, 0.5) is 13.2 Å². The maximum absolute atomic E-state index is 12.8. The fourth-order valence-electron chi connectivity index (χ4n) is 3.11. The van der Waals surface area contributed by atoms with E-state index in [4.69, 9.17) is 4.52 Å². The number of alkyl halides is 3. The first-order valence-electron chi connectivity index (χ1n) is 8.41. The van der Waals surface area contributed by atoms with E-state index in [1.807, 2.05) is 0 Å². The van der Waals surface area contributed by atoms with Gasteiger partial charge in [0.05, 0.1) is 5.56 Å². The largest absolute Gasteiger partial charge is 0.416 e. The van der Waals surface area contributed by atoms with Crippen molar-refractivity contribution in [3.63, 3.8) is 0 Å². The normalized spacial score (nSPS) is 16.4. The van der Waals surface area contributed by atoms with Crippen molar-refractivity contribution in [2.24, 2.45) is 0 Å². The molecule has 2 aromatic rings. The number of piperazine rings is 1. The first-order valence-corrected chi connectivity index (χ1v) is 9.85. The minimum absolute atomic E-state index is 0.00477. The number of sulfonamides is 1. The maximum Gasteiger partial charge on any atom is 0.416 e. The Morgan fingerprint density at radius 3 is 2.32 bits per heavy atom. The molecule has 0 aliphatic carbocycles. The summed E-state index contributed by atoms with van der Waals surface area (Å²) in [5.41, 5.74) is -0.741. The molecule has 2 heterocycles. The van der Waals surface area contributed by atoms with Crippen molar-refractivity contribution >= 4 is 15.9 Å². The van der Waals surface area contributed by atoms with Gasteiger partial charge in [-0.1, -0.05) is 11.2 Å². The molecule has 0 bridgehead atoms. The van der Waals surface area contributed by atoms with E-state index in [1.165, 1.54) is 35.2 Å². The number of halogens is 3. The van der Waals surface area contributed by atoms with Gasteiger partial charge in [-0.3, -0.25) is 4.79 Å². The van der Waals surface area contributed by atoms with Crippen LogP contribution in [0.15, 0.2) is 33.7 Å². The Morgan fingerprint density at radius 1 is 1.14 bits per heavy atom. The third kappa shape index (κ3) is 3.76. The molecule has 152 valence electrons. The summed E-state index contributed by atoms with van der Waals surface area (Å²) >= 11 is 0. The second kappa shape index (κ2) is 7.21. The van der Waals surface area contributed by atoms with Gasteiger partial charge in [-0.2, -0.15) is 17.5 Å². The highest BCUT2D eigenvalue weighted by atomic mass is 32.2. The summed E-state index contributed by atoms with van der Waals surface area (Å²) in [7, 11) is -3.83. The van der Waals surface area contributed by atoms with Gasteiger partial charge in [0.15, 0.2) is 5.76 Å². The van der Waals surface area contributed by atoms with Crippen LogP contribution in [0.3, 0.4) is 0 Å². The number of benzene rings is 1. The topological polar surface area (TPSA) is 83.7 Å². The Labute approximate surface area is 159 Å². The zero-order valence-corrected chi connectivity index (χ0v) is 16.0. The van der Waals surface area contributed by atoms with E-state index in [2.05, 4.69) is 5.16 Å². The highest BCUT2D eigenvalue weighted by molar-refractivity contribution is 7.89. The first kappa shape index (κ1) is 20.3. The molecule has 1 aromatic heterocycles. The molecule has 0 radical (unpaired) electrons. The van der Waals surface area contributed by atoms with Gasteiger partial charge in [-0.15, -0.1) is 0 Å². The molecule has 0 N–H and O–H groups in total. The molecule has 7 nitrogen and oxygen atoms in total. The lowest BCUT2D eigenvalue weighted by Gasteiger charge is -2.34. The zero-order chi connectivity index (χ0) is 20.7. The standard InChI is InChI=1S/C17H18F3N3O4S/c1-11-15(12(2)27-21-11)28(25,26)23-8-6-22(7-9-23)16(24)13-4-3-5-14(10-13)17(18,19)20/h3-5,10H,6-9H2,1-2H3. The maximum atomic E-state index is 12.8. The number of carbonyl (C=O) groups excluding carboxylic acids is 1. The van der Waals surface area contributed by atoms with Gasteiger partial charge in [0, 0.05) is 31.7 Å². The Balaban J connectivity index is 1.73. The second-order valence-electron chi connectivity index (χ2n) is 6.43. The fraction of sp³-hybridized carbons (Fsp3) is 0.412. The van der Waals surface area contributed by atoms with Crippen LogP contribution in [0, 0.1) is 13.8 Å². The van der Waals surface area contributed by atoms with Gasteiger partial charge in [-0.05, 0) is 32.0 Å². The lowest BCUT2D eigenvalue weighted by molar-refractivity contribution is -0.137. The quantitative estimate of drug-likeness (QED) is 0.766. The summed E-state index contributed by atoms with van der Waals surface area (Å²) in [6.45, 7) is 3.21. The molecular weight excluding hydrogens is 399 g/mol. The van der Waals surface area contributed by atoms with Crippen LogP contribution in [-0.2, 0) is 16.2 Å². The second-order valence-corrected chi connectivity index (χ2v) is 8.30. The van der Waals surface area contributed by atoms with E-state index in [9.17, 15) is 26.4 Å². The molecule has 1 fully saturated rings. The smallest absolute Gasteiger partial charge is 0.360 e. The number of hydrogen-bond acceptors (Lipinski definition) is 5. The average molecular weight is 417 g/mol. The lowest BCUT2D eigenvalue weighted by Crippen LogP contribution is -2.50. The number of aromatic nitrogens is 1. The van der Waals surface area contributed by atoms with Crippen LogP contribution in [0.1, 0.15) is 27.4 Å². The number of rotatable bonds is 3. The summed E-state index contributed by atoms with van der Waals surface area (Å²) in [6.07, 6.45) is -4.54. The number of aryl methyl sites for hydroxylation is 2. The Hall–Kier alpha value is -2.40. The van der Waals surface area contributed by atoms with E-state index in [1.54, 1.807) is 0 Å². The molecule has 1 amide bonds. The lowest BCUT2D eigenvalue weighted by atomic mass is 10.1. The summed E-state index contributed by atoms with van der Waals surface area (Å²) in [6, 6.07) is 4.18. The highest BCUT2D eigenvalue weighted by Gasteiger charge is 2.35. The van der Waals surface area contributed by atoms with Crippen LogP contribution >= 0.6 is 0 Å². The van der Waals surface area contributed by atoms with Gasteiger partial charge >= 0.3 is 6.18 Å². The van der Waals surface area contributed by atoms with E-state index in [-0.39, 0.29) is 48.1 Å². The first-order chi connectivity index (χ1) is 13.0. The monoisotopic (exact) mass is 417 g/mol. The van der Waals surface area contributed by atoms with Gasteiger partial charge in [0.25, 0.3) is 5.91 Å². The van der Waals surface area contributed by atoms with Crippen molar-refractivity contribution in [3.05, 3.63) is 46.8 Å². The summed E-state index contributed by atoms with van der Waals surface area (Å²) in [4.78, 5) is 13.9. The molecule has 11 heteroatoms. The van der Waals surface area contributed by atoms with Crippen LogP contribution in [0.5, 0.6) is 0 Å². The fourth-order valence-corrected chi connectivity index (χ4v) is 4.83. The minimum atomic E-state index is -4.54. The summed E-state index contributed by atoms with van der Waals surface area (Å²) < 4.78 is 70.2. The van der Waals surface area contributed by atoms with Crippen molar-refractivity contribution in [1.29, 1.82) is 0 Å². The molecule has 28 heavy (non-hydrogen) atoms. The molecular formula is C17H18F3N3O4S. The van der Waals surface area contributed by atoms with Crippen LogP contribution in [0.25, 0.3) is 0 Å². The molecule has 3 rings (SSSR count). The van der Waals surface area contributed by atoms with Gasteiger partial charge in [-0.25, -0.2) is 8.42 Å². The molecule has 0 saturated carbocycles. The molecule has 1 aromatic carbocycles. The predicted molar refractivity (Wildman–Crippen MR) is 92.1 cm³/mol. The number of nitrogens with zero attached hydrogens (tertiary/aromatic N) is 3. The third-order valence-electron chi connectivity index (χ3n) is 4.53.